The van der Waals surface area contributed by atoms with E-state index in [0.29, 0.717) is 28.6 Å². The molecule has 0 bridgehead atoms. The molecule has 1 heterocycles. The number of halogens is 3. The van der Waals surface area contributed by atoms with Crippen molar-refractivity contribution in [1.82, 2.24) is 10.2 Å². The molecule has 2 atom stereocenters. The summed E-state index contributed by atoms with van der Waals surface area (Å²) in [7, 11) is 0. The molecule has 24 heavy (non-hydrogen) atoms. The van der Waals surface area contributed by atoms with Crippen LogP contribution in [0.2, 0.25) is 10.0 Å². The van der Waals surface area contributed by atoms with Crippen LogP contribution in [0.15, 0.2) is 18.2 Å². The predicted octanol–water partition coefficient (Wildman–Crippen LogP) is 3.27. The maximum absolute atomic E-state index is 12.1. The molecule has 1 aliphatic heterocycles. The summed E-state index contributed by atoms with van der Waals surface area (Å²) in [5.74, 6) is 5.35. The van der Waals surface area contributed by atoms with Crippen molar-refractivity contribution in [2.75, 3.05) is 13.1 Å². The van der Waals surface area contributed by atoms with Crippen LogP contribution in [0.5, 0.6) is 0 Å². The molecule has 0 saturated carbocycles. The number of rotatable bonds is 2. The molecule has 1 saturated heterocycles. The molecule has 2 rings (SSSR count). The summed E-state index contributed by atoms with van der Waals surface area (Å²) >= 11 is 11.8. The summed E-state index contributed by atoms with van der Waals surface area (Å²) in [5, 5.41) is 12.6. The number of carbonyl (C=O) groups excluding carboxylic acids is 1. The van der Waals surface area contributed by atoms with Crippen LogP contribution >= 0.6 is 35.6 Å². The minimum Gasteiger partial charge on any atom is -0.465 e. The molecule has 2 amide bonds. The average molecular weight is 392 g/mol. The first-order valence-electron chi connectivity index (χ1n) is 7.11. The Morgan fingerprint density at radius 3 is 2.67 bits per heavy atom. The molecule has 0 radical (unpaired) electrons. The van der Waals surface area contributed by atoms with Crippen molar-refractivity contribution in [1.29, 1.82) is 0 Å². The highest BCUT2D eigenvalue weighted by molar-refractivity contribution is 6.42. The molecule has 1 aromatic rings. The van der Waals surface area contributed by atoms with Crippen LogP contribution in [0.1, 0.15) is 18.9 Å². The van der Waals surface area contributed by atoms with Gasteiger partial charge in [-0.15, -0.1) is 12.4 Å². The van der Waals surface area contributed by atoms with Gasteiger partial charge in [0.1, 0.15) is 0 Å². The van der Waals surface area contributed by atoms with Crippen molar-refractivity contribution in [2.45, 2.75) is 19.4 Å². The maximum Gasteiger partial charge on any atom is 0.407 e. The van der Waals surface area contributed by atoms with Gasteiger partial charge in [0.05, 0.1) is 22.0 Å². The van der Waals surface area contributed by atoms with E-state index in [9.17, 15) is 9.59 Å². The van der Waals surface area contributed by atoms with Crippen LogP contribution in [-0.2, 0) is 4.79 Å². The van der Waals surface area contributed by atoms with Gasteiger partial charge in [-0.25, -0.2) is 4.79 Å². The minimum atomic E-state index is -0.993. The second-order valence-corrected chi connectivity index (χ2v) is 6.16. The first-order valence-corrected chi connectivity index (χ1v) is 7.87. The quantitative estimate of drug-likeness (QED) is 0.760. The molecule has 0 aromatic heterocycles. The van der Waals surface area contributed by atoms with Crippen molar-refractivity contribution in [3.63, 3.8) is 0 Å². The third kappa shape index (κ3) is 5.48. The number of hydrogen-bond donors (Lipinski definition) is 2. The number of likely N-dealkylation sites (tertiary alicyclic amines) is 1. The largest absolute Gasteiger partial charge is 0.465 e. The Bertz CT molecular complexity index is 685. The summed E-state index contributed by atoms with van der Waals surface area (Å²) in [6.45, 7) is 2.39. The Morgan fingerprint density at radius 2 is 2.08 bits per heavy atom. The van der Waals surface area contributed by atoms with Gasteiger partial charge in [-0.1, -0.05) is 35.0 Å². The summed E-state index contributed by atoms with van der Waals surface area (Å²) in [6, 6.07) is 4.72. The number of nitrogens with zero attached hydrogens (tertiary/aromatic N) is 1. The average Bonchev–Trinajstić information content (AvgIpc) is 2.98. The molecule has 5 nitrogen and oxygen atoms in total. The second kappa shape index (κ2) is 9.03. The standard InChI is InChI=1S/C16H16Cl2N2O3.ClH/c1-10(2-3-11-4-5-13(17)14(18)8-11)19-15(21)12-6-7-20(9-12)16(22)23;/h4-5,8,10,12H,6-7,9H2,1H3,(H,19,21)(H,22,23);1H/t10-,12?;/m0./s1. The van der Waals surface area contributed by atoms with Crippen LogP contribution < -0.4 is 5.32 Å². The van der Waals surface area contributed by atoms with E-state index in [-0.39, 0.29) is 36.8 Å². The Morgan fingerprint density at radius 1 is 1.38 bits per heavy atom. The number of carboxylic acid groups (broad SMARTS) is 1. The second-order valence-electron chi connectivity index (χ2n) is 5.34. The molecule has 1 aliphatic rings. The lowest BCUT2D eigenvalue weighted by atomic mass is 10.1. The maximum atomic E-state index is 12.1. The van der Waals surface area contributed by atoms with Crippen molar-refractivity contribution >= 4 is 47.6 Å². The van der Waals surface area contributed by atoms with Crippen LogP contribution in [0.4, 0.5) is 4.79 Å². The highest BCUT2D eigenvalue weighted by Crippen LogP contribution is 2.22. The van der Waals surface area contributed by atoms with Gasteiger partial charge < -0.3 is 15.3 Å². The van der Waals surface area contributed by atoms with Crippen LogP contribution in [0.3, 0.4) is 0 Å². The number of nitrogens with one attached hydrogen (secondary N) is 1. The van der Waals surface area contributed by atoms with Crippen molar-refractivity contribution < 1.29 is 14.7 Å². The minimum absolute atomic E-state index is 0. The molecule has 8 heteroatoms. The lowest BCUT2D eigenvalue weighted by molar-refractivity contribution is -0.124. The van der Waals surface area contributed by atoms with Crippen LogP contribution in [0, 0.1) is 17.8 Å². The zero-order valence-corrected chi connectivity index (χ0v) is 15.2. The van der Waals surface area contributed by atoms with E-state index < -0.39 is 6.09 Å². The fraction of sp³-hybridized carbons (Fsp3) is 0.375. The van der Waals surface area contributed by atoms with Gasteiger partial charge in [0.2, 0.25) is 5.91 Å². The van der Waals surface area contributed by atoms with Gasteiger partial charge >= 0.3 is 6.09 Å². The SMILES string of the molecule is C[C@@H](C#Cc1ccc(Cl)c(Cl)c1)NC(=O)C1CCN(C(=O)O)C1.Cl. The Balaban J connectivity index is 0.00000288. The molecule has 1 unspecified atom stereocenters. The number of amides is 2. The van der Waals surface area contributed by atoms with E-state index in [0.717, 1.165) is 0 Å². The first kappa shape index (κ1) is 20.4. The van der Waals surface area contributed by atoms with Gasteiger partial charge in [0, 0.05) is 18.7 Å². The molecule has 1 aromatic carbocycles. The third-order valence-electron chi connectivity index (χ3n) is 3.54. The Kier molecular flexibility index (Phi) is 7.68. The zero-order valence-electron chi connectivity index (χ0n) is 12.9. The van der Waals surface area contributed by atoms with Crippen molar-refractivity contribution in [2.24, 2.45) is 5.92 Å². The fourth-order valence-electron chi connectivity index (χ4n) is 2.28. The molecule has 0 aliphatic carbocycles. The van der Waals surface area contributed by atoms with Crippen molar-refractivity contribution in [3.8, 4) is 11.8 Å². The summed E-state index contributed by atoms with van der Waals surface area (Å²) in [4.78, 5) is 24.2. The smallest absolute Gasteiger partial charge is 0.407 e. The fourth-order valence-corrected chi connectivity index (χ4v) is 2.58. The van der Waals surface area contributed by atoms with E-state index in [2.05, 4.69) is 17.2 Å². The summed E-state index contributed by atoms with van der Waals surface area (Å²) in [6.07, 6.45) is -0.460. The van der Waals surface area contributed by atoms with E-state index in [1.54, 1.807) is 25.1 Å². The van der Waals surface area contributed by atoms with Gasteiger partial charge in [-0.05, 0) is 31.5 Å². The van der Waals surface area contributed by atoms with Gasteiger partial charge in [0.15, 0.2) is 0 Å². The normalized spacial score (nSPS) is 17.3. The van der Waals surface area contributed by atoms with Gasteiger partial charge in [-0.3, -0.25) is 4.79 Å². The molecule has 0 spiro atoms. The number of benzene rings is 1. The summed E-state index contributed by atoms with van der Waals surface area (Å²) < 4.78 is 0. The molecule has 2 N–H and O–H groups in total. The molecular weight excluding hydrogens is 375 g/mol. The van der Waals surface area contributed by atoms with E-state index in [1.165, 1.54) is 4.90 Å². The van der Waals surface area contributed by atoms with Gasteiger partial charge in [-0.2, -0.15) is 0 Å². The first-order chi connectivity index (χ1) is 10.9. The zero-order chi connectivity index (χ0) is 17.0. The number of carbonyl (C=O) groups is 2. The van der Waals surface area contributed by atoms with Crippen LogP contribution in [0.25, 0.3) is 0 Å². The van der Waals surface area contributed by atoms with E-state index in [1.807, 2.05) is 0 Å². The lowest BCUT2D eigenvalue weighted by Crippen LogP contribution is -2.38. The van der Waals surface area contributed by atoms with Crippen molar-refractivity contribution in [3.05, 3.63) is 33.8 Å². The van der Waals surface area contributed by atoms with Gasteiger partial charge in [0.25, 0.3) is 0 Å². The van der Waals surface area contributed by atoms with E-state index >= 15 is 0 Å². The molecular formula is C16H17Cl3N2O3. The highest BCUT2D eigenvalue weighted by atomic mass is 35.5. The van der Waals surface area contributed by atoms with Crippen LogP contribution in [-0.4, -0.2) is 41.1 Å². The molecule has 1 fully saturated rings. The summed E-state index contributed by atoms with van der Waals surface area (Å²) in [5.41, 5.74) is 0.707. The third-order valence-corrected chi connectivity index (χ3v) is 4.28. The van der Waals surface area contributed by atoms with E-state index in [4.69, 9.17) is 28.3 Å². The monoisotopic (exact) mass is 390 g/mol. The topological polar surface area (TPSA) is 69.6 Å². The lowest BCUT2D eigenvalue weighted by Gasteiger charge is -2.14. The predicted molar refractivity (Wildman–Crippen MR) is 95.9 cm³/mol. The Hall–Kier alpha value is -1.61. The Labute approximate surface area is 156 Å². The number of hydrogen-bond acceptors (Lipinski definition) is 2. The molecule has 130 valence electrons. The highest BCUT2D eigenvalue weighted by Gasteiger charge is 2.31.